The maximum absolute atomic E-state index is 12.8. The fourth-order valence-electron chi connectivity index (χ4n) is 2.06. The average Bonchev–Trinajstić information content (AvgIpc) is 2.45. The van der Waals surface area contributed by atoms with Gasteiger partial charge in [-0.05, 0) is 31.5 Å². The molecule has 0 aliphatic carbocycles. The fraction of sp³-hybridized carbons (Fsp3) is 0.267. The summed E-state index contributed by atoms with van der Waals surface area (Å²) in [6.45, 7) is 3.98. The number of hydrogen-bond acceptors (Lipinski definition) is 4. The van der Waals surface area contributed by atoms with Gasteiger partial charge in [0.15, 0.2) is 0 Å². The lowest BCUT2D eigenvalue weighted by atomic mass is 10.2. The van der Waals surface area contributed by atoms with Gasteiger partial charge >= 0.3 is 0 Å². The van der Waals surface area contributed by atoms with Gasteiger partial charge in [0.2, 0.25) is 10.0 Å². The minimum absolute atomic E-state index is 0.0243. The Morgan fingerprint density at radius 1 is 1.14 bits per heavy atom. The molecule has 6 heteroatoms. The number of anilines is 1. The molecule has 0 atom stereocenters. The summed E-state index contributed by atoms with van der Waals surface area (Å²) in [7, 11) is -3.68. The summed E-state index contributed by atoms with van der Waals surface area (Å²) in [5.74, 6) is 0.0243. The van der Waals surface area contributed by atoms with Crippen LogP contribution in [0.5, 0.6) is 0 Å². The van der Waals surface area contributed by atoms with Gasteiger partial charge < -0.3 is 5.73 Å². The van der Waals surface area contributed by atoms with Crippen molar-refractivity contribution in [3.05, 3.63) is 54.2 Å². The number of nitrogens with two attached hydrogens (primary N) is 1. The largest absolute Gasteiger partial charge is 0.383 e. The highest BCUT2D eigenvalue weighted by Crippen LogP contribution is 2.23. The van der Waals surface area contributed by atoms with E-state index in [1.807, 2.05) is 44.2 Å². The third-order valence-electron chi connectivity index (χ3n) is 3.14. The summed E-state index contributed by atoms with van der Waals surface area (Å²) in [4.78, 5) is 3.92. The van der Waals surface area contributed by atoms with E-state index >= 15 is 0 Å². The molecule has 0 radical (unpaired) electrons. The molecule has 0 unspecified atom stereocenters. The second kappa shape index (κ2) is 6.24. The average molecular weight is 305 g/mol. The van der Waals surface area contributed by atoms with Gasteiger partial charge in [0.1, 0.15) is 10.7 Å². The molecule has 2 N–H and O–H groups in total. The number of rotatable bonds is 5. The fourth-order valence-corrected chi connectivity index (χ4v) is 3.75. The third-order valence-corrected chi connectivity index (χ3v) is 5.21. The van der Waals surface area contributed by atoms with Crippen molar-refractivity contribution in [1.29, 1.82) is 0 Å². The first kappa shape index (κ1) is 15.5. The molecule has 1 heterocycles. The Kier molecular flexibility index (Phi) is 4.59. The number of nitrogens with zero attached hydrogens (tertiary/aromatic N) is 2. The molecule has 2 rings (SSSR count). The molecule has 0 saturated carbocycles. The highest BCUT2D eigenvalue weighted by Gasteiger charge is 2.29. The van der Waals surface area contributed by atoms with Crippen LogP contribution in [-0.2, 0) is 16.6 Å². The normalized spacial score (nSPS) is 12.0. The third kappa shape index (κ3) is 3.40. The van der Waals surface area contributed by atoms with E-state index in [9.17, 15) is 8.42 Å². The van der Waals surface area contributed by atoms with Gasteiger partial charge in [-0.2, -0.15) is 4.31 Å². The quantitative estimate of drug-likeness (QED) is 0.919. The smallest absolute Gasteiger partial charge is 0.247 e. The summed E-state index contributed by atoms with van der Waals surface area (Å²) in [6.07, 6.45) is 1.48. The Balaban J connectivity index is 2.40. The van der Waals surface area contributed by atoms with Gasteiger partial charge in [0, 0.05) is 18.8 Å². The molecule has 21 heavy (non-hydrogen) atoms. The first-order chi connectivity index (χ1) is 9.93. The predicted molar refractivity (Wildman–Crippen MR) is 83.0 cm³/mol. The summed E-state index contributed by atoms with van der Waals surface area (Å²) in [5.41, 5.74) is 6.65. The number of sulfonamides is 1. The number of aromatic nitrogens is 1. The van der Waals surface area contributed by atoms with Crippen molar-refractivity contribution in [1.82, 2.24) is 9.29 Å². The lowest BCUT2D eigenvalue weighted by Gasteiger charge is -2.26. The number of benzene rings is 1. The Labute approximate surface area is 125 Å². The van der Waals surface area contributed by atoms with Crippen LogP contribution in [0.15, 0.2) is 53.6 Å². The van der Waals surface area contributed by atoms with E-state index in [0.29, 0.717) is 6.54 Å². The van der Waals surface area contributed by atoms with Crippen molar-refractivity contribution < 1.29 is 8.42 Å². The van der Waals surface area contributed by atoms with Crippen LogP contribution in [0.25, 0.3) is 0 Å². The minimum atomic E-state index is -3.68. The van der Waals surface area contributed by atoms with Crippen LogP contribution < -0.4 is 5.73 Å². The van der Waals surface area contributed by atoms with E-state index in [0.717, 1.165) is 5.56 Å². The standard InChI is InChI=1S/C15H19N3O2S/c1-12(2)18(11-13-7-4-3-5-8-13)21(19,20)14-9-6-10-17-15(14)16/h3-10,12H,11H2,1-2H3,(H2,16,17). The van der Waals surface area contributed by atoms with E-state index in [-0.39, 0.29) is 16.8 Å². The van der Waals surface area contributed by atoms with Crippen molar-refractivity contribution in [3.8, 4) is 0 Å². The minimum Gasteiger partial charge on any atom is -0.383 e. The molecule has 0 aliphatic heterocycles. The molecule has 0 saturated heterocycles. The zero-order chi connectivity index (χ0) is 15.5. The van der Waals surface area contributed by atoms with Crippen LogP contribution in [0, 0.1) is 0 Å². The summed E-state index contributed by atoms with van der Waals surface area (Å²) in [6, 6.07) is 12.3. The van der Waals surface area contributed by atoms with E-state index in [1.54, 1.807) is 6.07 Å². The van der Waals surface area contributed by atoms with Gasteiger partial charge in [-0.1, -0.05) is 30.3 Å². The maximum atomic E-state index is 12.8. The van der Waals surface area contributed by atoms with Crippen LogP contribution in [0.2, 0.25) is 0 Å². The van der Waals surface area contributed by atoms with Crippen molar-refractivity contribution in [3.63, 3.8) is 0 Å². The van der Waals surface area contributed by atoms with Crippen molar-refractivity contribution in [2.45, 2.75) is 31.3 Å². The molecule has 1 aromatic heterocycles. The van der Waals surface area contributed by atoms with Gasteiger partial charge in [0.05, 0.1) is 0 Å². The molecule has 2 aromatic rings. The molecular formula is C15H19N3O2S. The van der Waals surface area contributed by atoms with Gasteiger partial charge in [-0.3, -0.25) is 0 Å². The van der Waals surface area contributed by atoms with E-state index in [4.69, 9.17) is 5.73 Å². The Hall–Kier alpha value is -1.92. The second-order valence-electron chi connectivity index (χ2n) is 5.02. The molecule has 0 aliphatic rings. The monoisotopic (exact) mass is 305 g/mol. The summed E-state index contributed by atoms with van der Waals surface area (Å²) < 4.78 is 27.0. The van der Waals surface area contributed by atoms with Gasteiger partial charge in [0.25, 0.3) is 0 Å². The first-order valence-corrected chi connectivity index (χ1v) is 8.13. The van der Waals surface area contributed by atoms with Crippen LogP contribution in [0.4, 0.5) is 5.82 Å². The second-order valence-corrected chi connectivity index (χ2v) is 6.88. The molecule has 0 amide bonds. The summed E-state index contributed by atoms with van der Waals surface area (Å²) >= 11 is 0. The van der Waals surface area contributed by atoms with Crippen LogP contribution in [0.1, 0.15) is 19.4 Å². The number of nitrogen functional groups attached to an aromatic ring is 1. The Morgan fingerprint density at radius 3 is 2.38 bits per heavy atom. The summed E-state index contributed by atoms with van der Waals surface area (Å²) in [5, 5.41) is 0. The molecule has 112 valence electrons. The number of pyridine rings is 1. The molecule has 0 spiro atoms. The first-order valence-electron chi connectivity index (χ1n) is 6.69. The lowest BCUT2D eigenvalue weighted by molar-refractivity contribution is 0.348. The zero-order valence-electron chi connectivity index (χ0n) is 12.1. The predicted octanol–water partition coefficient (Wildman–Crippen LogP) is 2.26. The highest BCUT2D eigenvalue weighted by atomic mass is 32.2. The highest BCUT2D eigenvalue weighted by molar-refractivity contribution is 7.89. The van der Waals surface area contributed by atoms with Crippen LogP contribution in [0.3, 0.4) is 0 Å². The number of hydrogen-bond donors (Lipinski definition) is 1. The molecule has 1 aromatic carbocycles. The molecule has 0 bridgehead atoms. The SMILES string of the molecule is CC(C)N(Cc1ccccc1)S(=O)(=O)c1cccnc1N. The van der Waals surface area contributed by atoms with E-state index < -0.39 is 10.0 Å². The molecular weight excluding hydrogens is 286 g/mol. The maximum Gasteiger partial charge on any atom is 0.247 e. The van der Waals surface area contributed by atoms with E-state index in [1.165, 1.54) is 16.6 Å². The van der Waals surface area contributed by atoms with Crippen LogP contribution in [-0.4, -0.2) is 23.7 Å². The lowest BCUT2D eigenvalue weighted by Crippen LogP contribution is -2.36. The Morgan fingerprint density at radius 2 is 1.81 bits per heavy atom. The van der Waals surface area contributed by atoms with E-state index in [2.05, 4.69) is 4.98 Å². The zero-order valence-corrected chi connectivity index (χ0v) is 12.9. The van der Waals surface area contributed by atoms with Gasteiger partial charge in [-0.25, -0.2) is 13.4 Å². The van der Waals surface area contributed by atoms with Crippen molar-refractivity contribution >= 4 is 15.8 Å². The van der Waals surface area contributed by atoms with Gasteiger partial charge in [-0.15, -0.1) is 0 Å². The topological polar surface area (TPSA) is 76.3 Å². The molecule has 0 fully saturated rings. The Bertz CT molecular complexity index is 700. The van der Waals surface area contributed by atoms with Crippen molar-refractivity contribution in [2.75, 3.05) is 5.73 Å². The van der Waals surface area contributed by atoms with Crippen LogP contribution >= 0.6 is 0 Å². The molecule has 5 nitrogen and oxygen atoms in total. The van der Waals surface area contributed by atoms with Crippen molar-refractivity contribution in [2.24, 2.45) is 0 Å².